The molecule has 8 nitrogen and oxygen atoms in total. The fraction of sp³-hybridized carbons (Fsp3) is 0.950. The van der Waals surface area contributed by atoms with Gasteiger partial charge in [0.15, 0.2) is 0 Å². The van der Waals surface area contributed by atoms with Gasteiger partial charge in [0, 0.05) is 13.0 Å². The van der Waals surface area contributed by atoms with E-state index in [1.165, 1.54) is 161 Å². The van der Waals surface area contributed by atoms with E-state index in [0.717, 1.165) is 38.5 Å². The van der Waals surface area contributed by atoms with Crippen molar-refractivity contribution in [3.05, 3.63) is 0 Å². The molecule has 0 aromatic carbocycles. The van der Waals surface area contributed by atoms with Crippen molar-refractivity contribution in [3.63, 3.8) is 0 Å². The summed E-state index contributed by atoms with van der Waals surface area (Å²) in [6, 6.07) is -1.21. The minimum atomic E-state index is -4.97. The molecule has 0 radical (unpaired) electrons. The van der Waals surface area contributed by atoms with Crippen molar-refractivity contribution >= 4 is 22.2 Å². The van der Waals surface area contributed by atoms with Gasteiger partial charge in [0.2, 0.25) is 22.2 Å². The average Bonchev–Trinajstić information content (AvgIpc) is 3.07. The van der Waals surface area contributed by atoms with Gasteiger partial charge < -0.3 is 15.2 Å². The molecule has 50 heavy (non-hydrogen) atoms. The Kier molecular flexibility index (Phi) is 41.5. The molecule has 0 bridgehead atoms. The summed E-state index contributed by atoms with van der Waals surface area (Å²) in [6.45, 7) is 4.26. The van der Waals surface area contributed by atoms with Crippen LogP contribution >= 0.6 is 0 Å². The van der Waals surface area contributed by atoms with E-state index in [9.17, 15) is 22.6 Å². The van der Waals surface area contributed by atoms with Gasteiger partial charge in [0.25, 0.3) is 0 Å². The molecule has 0 unspecified atom stereocenters. The quantitative estimate of drug-likeness (QED) is 0.0285. The average molecular weight is 739 g/mol. The molecule has 2 N–H and O–H groups in total. The summed E-state index contributed by atoms with van der Waals surface area (Å²) in [6.07, 6.45) is 40.6. The van der Waals surface area contributed by atoms with Crippen molar-refractivity contribution in [3.8, 4) is 0 Å². The van der Waals surface area contributed by atoms with Crippen LogP contribution in [0, 0.1) is 0 Å². The Morgan fingerprint density at radius 2 is 0.820 bits per heavy atom. The molecule has 10 heteroatoms. The van der Waals surface area contributed by atoms with Gasteiger partial charge in [0.1, 0.15) is 6.04 Å². The van der Waals surface area contributed by atoms with E-state index in [1.54, 1.807) is 0 Å². The topological polar surface area (TPSA) is 125 Å². The molecule has 0 aromatic heterocycles. The molecule has 0 aliphatic heterocycles. The van der Waals surface area contributed by atoms with Crippen LogP contribution in [0.2, 0.25) is 0 Å². The van der Waals surface area contributed by atoms with Crippen LogP contribution in [-0.4, -0.2) is 44.0 Å². The zero-order valence-corrected chi connectivity index (χ0v) is 36.0. The third-order valence-corrected chi connectivity index (χ3v) is 10.0. The number of rotatable bonds is 39. The van der Waals surface area contributed by atoms with Gasteiger partial charge in [-0.05, 0) is 12.8 Å². The van der Waals surface area contributed by atoms with Crippen molar-refractivity contribution in [1.29, 1.82) is 0 Å². The van der Waals surface area contributed by atoms with Gasteiger partial charge in [-0.3, -0.25) is 13.8 Å². The number of unbranched alkanes of at least 4 members (excludes halogenated alkanes) is 30. The standard InChI is InChI=1S/C40H80N2O6S.Na/c1-3-5-7-9-11-13-15-17-19-20-22-24-26-28-30-32-34-36-41-40(44)38(37-48-49(45,46)47)42-39(43)35-33-31-29-27-25-23-21-18-16-14-12-10-8-6-4-2;/h38H,3-37H2,1-2H3,(H,41,44)(H,42,43)(H,45,46,47);/q;+1/p-1/t38-;/m0./s1. The summed E-state index contributed by atoms with van der Waals surface area (Å²) < 4.78 is 37.3. The Balaban J connectivity index is 0. The summed E-state index contributed by atoms with van der Waals surface area (Å²) >= 11 is 0. The number of carbonyl (C=O) groups excluding carboxylic acids is 2. The first kappa shape index (κ1) is 51.9. The van der Waals surface area contributed by atoms with Crippen molar-refractivity contribution in [2.75, 3.05) is 13.2 Å². The Morgan fingerprint density at radius 1 is 0.520 bits per heavy atom. The SMILES string of the molecule is CCCCCCCCCCCCCCCCCCCNC(=O)[C@H](COS(=O)(=O)[O-])NC(=O)CCCCCCCCCCCCCCCCC.[Na+]. The van der Waals surface area contributed by atoms with Crippen LogP contribution in [0.4, 0.5) is 0 Å². The van der Waals surface area contributed by atoms with Crippen LogP contribution in [0.3, 0.4) is 0 Å². The third-order valence-electron chi connectivity index (χ3n) is 9.62. The Hall–Kier alpha value is -0.190. The van der Waals surface area contributed by atoms with Gasteiger partial charge >= 0.3 is 29.6 Å². The maximum absolute atomic E-state index is 12.7. The molecule has 0 aromatic rings. The summed E-state index contributed by atoms with van der Waals surface area (Å²) in [7, 11) is -4.97. The molecule has 0 aliphatic rings. The number of carbonyl (C=O) groups is 2. The van der Waals surface area contributed by atoms with E-state index in [2.05, 4.69) is 28.7 Å². The van der Waals surface area contributed by atoms with Crippen molar-refractivity contribution < 1.29 is 56.3 Å². The molecule has 2 amide bonds. The Morgan fingerprint density at radius 3 is 1.14 bits per heavy atom. The zero-order chi connectivity index (χ0) is 36.1. The van der Waals surface area contributed by atoms with E-state index >= 15 is 0 Å². The number of hydrogen-bond acceptors (Lipinski definition) is 6. The predicted molar refractivity (Wildman–Crippen MR) is 204 cm³/mol. The molecular weight excluding hydrogens is 660 g/mol. The maximum Gasteiger partial charge on any atom is 1.00 e. The molecule has 0 saturated carbocycles. The number of hydrogen-bond donors (Lipinski definition) is 2. The molecule has 0 heterocycles. The zero-order valence-electron chi connectivity index (χ0n) is 33.2. The molecule has 0 rings (SSSR count). The van der Waals surface area contributed by atoms with Gasteiger partial charge in [0.05, 0.1) is 6.61 Å². The van der Waals surface area contributed by atoms with Crippen LogP contribution in [0.1, 0.15) is 226 Å². The first-order valence-corrected chi connectivity index (χ1v) is 22.3. The number of amides is 2. The van der Waals surface area contributed by atoms with Gasteiger partial charge in [-0.25, -0.2) is 8.42 Å². The fourth-order valence-corrected chi connectivity index (χ4v) is 6.75. The minimum Gasteiger partial charge on any atom is -0.726 e. The fourth-order valence-electron chi connectivity index (χ4n) is 6.44. The molecular formula is C40H79N2NaO6S. The van der Waals surface area contributed by atoms with Crippen molar-refractivity contribution in [1.82, 2.24) is 10.6 Å². The van der Waals surface area contributed by atoms with Crippen molar-refractivity contribution in [2.24, 2.45) is 0 Å². The normalized spacial score (nSPS) is 12.1. The van der Waals surface area contributed by atoms with Gasteiger partial charge in [-0.15, -0.1) is 0 Å². The van der Waals surface area contributed by atoms with Gasteiger partial charge in [-0.1, -0.05) is 206 Å². The molecule has 0 fully saturated rings. The predicted octanol–water partition coefficient (Wildman–Crippen LogP) is 7.98. The first-order chi connectivity index (χ1) is 23.8. The molecule has 0 saturated heterocycles. The Labute approximate surface area is 332 Å². The maximum atomic E-state index is 12.7. The number of nitrogens with one attached hydrogen (secondary N) is 2. The van der Waals surface area contributed by atoms with E-state index in [0.29, 0.717) is 13.0 Å². The monoisotopic (exact) mass is 739 g/mol. The van der Waals surface area contributed by atoms with E-state index in [4.69, 9.17) is 0 Å². The molecule has 292 valence electrons. The van der Waals surface area contributed by atoms with Crippen LogP contribution in [-0.2, 0) is 24.2 Å². The largest absolute Gasteiger partial charge is 1.00 e. The van der Waals surface area contributed by atoms with Crippen LogP contribution in [0.25, 0.3) is 0 Å². The molecule has 0 spiro atoms. The Bertz CT molecular complexity index is 846. The second-order valence-electron chi connectivity index (χ2n) is 14.5. The van der Waals surface area contributed by atoms with E-state index < -0.39 is 29.0 Å². The summed E-state index contributed by atoms with van der Waals surface area (Å²) in [5, 5.41) is 5.34. The van der Waals surface area contributed by atoms with Crippen LogP contribution < -0.4 is 40.2 Å². The third kappa shape index (κ3) is 40.6. The summed E-state index contributed by atoms with van der Waals surface area (Å²) in [5.74, 6) is -0.857. The molecule has 0 aliphatic carbocycles. The smallest absolute Gasteiger partial charge is 0.726 e. The second-order valence-corrected chi connectivity index (χ2v) is 15.5. The summed E-state index contributed by atoms with van der Waals surface area (Å²) in [5.41, 5.74) is 0. The summed E-state index contributed by atoms with van der Waals surface area (Å²) in [4.78, 5) is 25.2. The van der Waals surface area contributed by atoms with Crippen LogP contribution in [0.5, 0.6) is 0 Å². The van der Waals surface area contributed by atoms with Gasteiger partial charge in [-0.2, -0.15) is 0 Å². The van der Waals surface area contributed by atoms with Crippen LogP contribution in [0.15, 0.2) is 0 Å². The first-order valence-electron chi connectivity index (χ1n) is 21.0. The minimum absolute atomic E-state index is 0. The molecule has 1 atom stereocenters. The van der Waals surface area contributed by atoms with E-state index in [1.807, 2.05) is 0 Å². The van der Waals surface area contributed by atoms with E-state index in [-0.39, 0.29) is 41.9 Å². The van der Waals surface area contributed by atoms with Crippen molar-refractivity contribution in [2.45, 2.75) is 232 Å². The second kappa shape index (κ2) is 40.0.